The number of rotatable bonds is 18. The molecule has 158 valence electrons. The molecule has 0 aliphatic heterocycles. The molecule has 0 saturated heterocycles. The molecule has 0 aromatic carbocycles. The third-order valence-corrected chi connectivity index (χ3v) is 4.49. The van der Waals surface area contributed by atoms with Gasteiger partial charge in [-0.05, 0) is 12.8 Å². The van der Waals surface area contributed by atoms with Crippen LogP contribution >= 0.6 is 0 Å². The molecule has 1 unspecified atom stereocenters. The minimum Gasteiger partial charge on any atom is -0.412 e. The summed E-state index contributed by atoms with van der Waals surface area (Å²) in [5.74, 6) is 0. The summed E-state index contributed by atoms with van der Waals surface area (Å²) < 4.78 is 0. The summed E-state index contributed by atoms with van der Waals surface area (Å²) in [5.41, 5.74) is 5.31. The lowest BCUT2D eigenvalue weighted by Gasteiger charge is -2.02. The van der Waals surface area contributed by atoms with Gasteiger partial charge < -0.3 is 16.3 Å². The highest BCUT2D eigenvalue weighted by Crippen LogP contribution is 2.12. The van der Waals surface area contributed by atoms with E-state index < -0.39 is 6.10 Å². The topological polar surface area (TPSA) is 77.8 Å². The quantitative estimate of drug-likeness (QED) is 0.233. The first-order chi connectivity index (χ1) is 12.8. The number of hydrogen-bond donors (Lipinski definition) is 2. The molecular weight excluding hydrogens is 334 g/mol. The predicted octanol–water partition coefficient (Wildman–Crippen LogP) is 5.80. The second-order valence-corrected chi connectivity index (χ2v) is 7.06. The first-order valence-electron chi connectivity index (χ1n) is 10.9. The molecule has 0 amide bonds. The Bertz CT molecular complexity index is 386. The highest BCUT2D eigenvalue weighted by molar-refractivity contribution is 5.15. The monoisotopic (exact) mass is 379 g/mol. The number of hydrogen-bond acceptors (Lipinski definition) is 2. The second kappa shape index (κ2) is 24.8. The second-order valence-electron chi connectivity index (χ2n) is 7.06. The predicted molar refractivity (Wildman–Crippen MR) is 121 cm³/mol. The van der Waals surface area contributed by atoms with Crippen molar-refractivity contribution < 1.29 is 10.6 Å². The van der Waals surface area contributed by atoms with Gasteiger partial charge in [0.1, 0.15) is 0 Å². The number of allylic oxidation sites excluding steroid dienone is 7. The molecule has 0 aliphatic rings. The van der Waals surface area contributed by atoms with Crippen LogP contribution < -0.4 is 5.73 Å². The molecule has 0 fully saturated rings. The Hall–Kier alpha value is -1.16. The minimum absolute atomic E-state index is 0. The minimum atomic E-state index is -0.543. The van der Waals surface area contributed by atoms with Crippen molar-refractivity contribution in [3.05, 3.63) is 48.6 Å². The SMILES string of the molecule is CCCCCCCCCCCCCCC=CC=CC=CC=CC(O)CN.O. The average molecular weight is 380 g/mol. The van der Waals surface area contributed by atoms with Crippen LogP contribution in [0.3, 0.4) is 0 Å². The standard InChI is InChI=1S/C24H43NO.H2O/c1-2-3-4-5-6-7-8-9-10-11-12-13-14-15-16-17-18-19-20-21-22-24(26)23-25;/h15-22,24,26H,2-14,23,25H2,1H3;1H2. The van der Waals surface area contributed by atoms with E-state index in [0.717, 1.165) is 0 Å². The van der Waals surface area contributed by atoms with Crippen molar-refractivity contribution in [1.29, 1.82) is 0 Å². The van der Waals surface area contributed by atoms with Gasteiger partial charge in [-0.1, -0.05) is 126 Å². The fourth-order valence-corrected chi connectivity index (χ4v) is 2.81. The summed E-state index contributed by atoms with van der Waals surface area (Å²) in [6, 6.07) is 0. The number of aliphatic hydroxyl groups excluding tert-OH is 1. The van der Waals surface area contributed by atoms with Gasteiger partial charge in [-0.25, -0.2) is 0 Å². The molecule has 5 N–H and O–H groups in total. The molecule has 0 spiro atoms. The Labute approximate surface area is 168 Å². The summed E-state index contributed by atoms with van der Waals surface area (Å²) in [5, 5.41) is 9.23. The van der Waals surface area contributed by atoms with Crippen molar-refractivity contribution in [2.75, 3.05) is 6.54 Å². The van der Waals surface area contributed by atoms with Crippen LogP contribution in [-0.2, 0) is 0 Å². The van der Waals surface area contributed by atoms with Crippen LogP contribution in [0.1, 0.15) is 90.4 Å². The van der Waals surface area contributed by atoms with E-state index in [0.29, 0.717) is 0 Å². The Morgan fingerprint density at radius 2 is 1.11 bits per heavy atom. The van der Waals surface area contributed by atoms with Crippen molar-refractivity contribution in [1.82, 2.24) is 0 Å². The van der Waals surface area contributed by atoms with Gasteiger partial charge in [-0.15, -0.1) is 0 Å². The molecule has 0 aliphatic carbocycles. The van der Waals surface area contributed by atoms with Crippen LogP contribution in [-0.4, -0.2) is 23.2 Å². The summed E-state index contributed by atoms with van der Waals surface area (Å²) in [6.07, 6.45) is 33.2. The largest absolute Gasteiger partial charge is 0.412 e. The summed E-state index contributed by atoms with van der Waals surface area (Å²) in [6.45, 7) is 2.55. The average Bonchev–Trinajstić information content (AvgIpc) is 2.66. The van der Waals surface area contributed by atoms with Gasteiger partial charge in [0, 0.05) is 6.54 Å². The van der Waals surface area contributed by atoms with Gasteiger partial charge in [0.2, 0.25) is 0 Å². The van der Waals surface area contributed by atoms with Crippen molar-refractivity contribution in [2.45, 2.75) is 96.5 Å². The number of nitrogens with two attached hydrogens (primary N) is 1. The lowest BCUT2D eigenvalue weighted by molar-refractivity contribution is 0.231. The molecular formula is C24H45NO2. The lowest BCUT2D eigenvalue weighted by Crippen LogP contribution is -2.16. The van der Waals surface area contributed by atoms with Crippen LogP contribution in [0.15, 0.2) is 48.6 Å². The van der Waals surface area contributed by atoms with Crippen molar-refractivity contribution in [3.8, 4) is 0 Å². The highest BCUT2D eigenvalue weighted by Gasteiger charge is 1.93. The Kier molecular flexibility index (Phi) is 25.8. The van der Waals surface area contributed by atoms with Gasteiger partial charge in [0.15, 0.2) is 0 Å². The van der Waals surface area contributed by atoms with E-state index in [9.17, 15) is 5.11 Å². The zero-order valence-corrected chi connectivity index (χ0v) is 17.6. The van der Waals surface area contributed by atoms with Crippen LogP contribution in [0.25, 0.3) is 0 Å². The number of unbranched alkanes of at least 4 members (excludes halogenated alkanes) is 12. The Morgan fingerprint density at radius 1 is 0.667 bits per heavy atom. The van der Waals surface area contributed by atoms with Gasteiger partial charge in [-0.3, -0.25) is 0 Å². The van der Waals surface area contributed by atoms with Crippen LogP contribution in [0.2, 0.25) is 0 Å². The first kappa shape index (κ1) is 28.1. The maximum Gasteiger partial charge on any atom is 0.0846 e. The Morgan fingerprint density at radius 3 is 1.63 bits per heavy atom. The van der Waals surface area contributed by atoms with Crippen LogP contribution in [0.4, 0.5) is 0 Å². The fourth-order valence-electron chi connectivity index (χ4n) is 2.81. The molecule has 27 heavy (non-hydrogen) atoms. The first-order valence-corrected chi connectivity index (χ1v) is 10.9. The highest BCUT2D eigenvalue weighted by atomic mass is 16.3. The Balaban J connectivity index is 0. The van der Waals surface area contributed by atoms with E-state index in [1.165, 1.54) is 83.5 Å². The zero-order valence-electron chi connectivity index (χ0n) is 17.6. The molecule has 0 saturated carbocycles. The van der Waals surface area contributed by atoms with Crippen molar-refractivity contribution in [3.63, 3.8) is 0 Å². The molecule has 0 bridgehead atoms. The van der Waals surface area contributed by atoms with Crippen LogP contribution in [0.5, 0.6) is 0 Å². The van der Waals surface area contributed by atoms with Crippen molar-refractivity contribution >= 4 is 0 Å². The summed E-state index contributed by atoms with van der Waals surface area (Å²) in [4.78, 5) is 0. The normalized spacial score (nSPS) is 13.3. The molecule has 0 heterocycles. The molecule has 0 aromatic rings. The molecule has 0 radical (unpaired) electrons. The smallest absolute Gasteiger partial charge is 0.0846 e. The molecule has 3 heteroatoms. The zero-order chi connectivity index (χ0) is 19.1. The molecule has 0 aromatic heterocycles. The maximum absolute atomic E-state index is 9.23. The van der Waals surface area contributed by atoms with E-state index >= 15 is 0 Å². The van der Waals surface area contributed by atoms with E-state index in [1.54, 1.807) is 6.08 Å². The van der Waals surface area contributed by atoms with E-state index in [-0.39, 0.29) is 12.0 Å². The van der Waals surface area contributed by atoms with Gasteiger partial charge in [0.25, 0.3) is 0 Å². The third-order valence-electron chi connectivity index (χ3n) is 4.49. The van der Waals surface area contributed by atoms with Gasteiger partial charge >= 0.3 is 0 Å². The summed E-state index contributed by atoms with van der Waals surface area (Å²) >= 11 is 0. The third kappa shape index (κ3) is 24.8. The number of aliphatic hydroxyl groups is 1. The molecule has 0 rings (SSSR count). The maximum atomic E-state index is 9.23. The van der Waals surface area contributed by atoms with Gasteiger partial charge in [0.05, 0.1) is 6.10 Å². The van der Waals surface area contributed by atoms with E-state index in [4.69, 9.17) is 5.73 Å². The van der Waals surface area contributed by atoms with E-state index in [1.807, 2.05) is 30.4 Å². The summed E-state index contributed by atoms with van der Waals surface area (Å²) in [7, 11) is 0. The van der Waals surface area contributed by atoms with E-state index in [2.05, 4.69) is 19.1 Å². The lowest BCUT2D eigenvalue weighted by atomic mass is 10.0. The molecule has 3 nitrogen and oxygen atoms in total. The van der Waals surface area contributed by atoms with Crippen molar-refractivity contribution in [2.24, 2.45) is 5.73 Å². The van der Waals surface area contributed by atoms with Gasteiger partial charge in [-0.2, -0.15) is 0 Å². The molecule has 1 atom stereocenters. The fraction of sp³-hybridized carbons (Fsp3) is 0.667. The van der Waals surface area contributed by atoms with Crippen LogP contribution in [0, 0.1) is 0 Å².